The molecule has 1 saturated heterocycles. The molecule has 0 amide bonds. The van der Waals surface area contributed by atoms with Gasteiger partial charge in [-0.25, -0.2) is 4.98 Å². The third-order valence-corrected chi connectivity index (χ3v) is 7.14. The summed E-state index contributed by atoms with van der Waals surface area (Å²) in [5.74, 6) is 0.801. The first kappa shape index (κ1) is 18.7. The molecule has 27 heavy (non-hydrogen) atoms. The van der Waals surface area contributed by atoms with Crippen molar-refractivity contribution in [2.24, 2.45) is 0 Å². The average Bonchev–Trinajstić information content (AvgIpc) is 3.30. The summed E-state index contributed by atoms with van der Waals surface area (Å²) in [5, 5.41) is 1.61. The first-order valence-corrected chi connectivity index (χ1v) is 11.3. The van der Waals surface area contributed by atoms with E-state index in [1.54, 1.807) is 23.1 Å². The van der Waals surface area contributed by atoms with E-state index in [0.29, 0.717) is 6.54 Å². The molecular formula is C21H24N2O2S2. The van der Waals surface area contributed by atoms with E-state index < -0.39 is 0 Å². The molecule has 3 heterocycles. The normalized spacial score (nSPS) is 17.0. The molecule has 0 N–H and O–H groups in total. The second-order valence-corrected chi connectivity index (χ2v) is 9.04. The van der Waals surface area contributed by atoms with Gasteiger partial charge in [0.2, 0.25) is 0 Å². The van der Waals surface area contributed by atoms with Crippen LogP contribution in [0.3, 0.4) is 0 Å². The van der Waals surface area contributed by atoms with Crippen LogP contribution < -0.4 is 5.56 Å². The van der Waals surface area contributed by atoms with Crippen molar-refractivity contribution in [2.45, 2.75) is 56.7 Å². The Bertz CT molecular complexity index is 989. The van der Waals surface area contributed by atoms with Gasteiger partial charge in [-0.2, -0.15) is 0 Å². The summed E-state index contributed by atoms with van der Waals surface area (Å²) < 4.78 is 7.67. The van der Waals surface area contributed by atoms with E-state index in [-0.39, 0.29) is 11.7 Å². The highest BCUT2D eigenvalue weighted by molar-refractivity contribution is 7.98. The third-order valence-electron chi connectivity index (χ3n) is 5.05. The lowest BCUT2D eigenvalue weighted by atomic mass is 10.1. The van der Waals surface area contributed by atoms with Crippen LogP contribution in [-0.4, -0.2) is 22.3 Å². The minimum atomic E-state index is 0.0901. The molecule has 0 bridgehead atoms. The van der Waals surface area contributed by atoms with Crippen molar-refractivity contribution in [3.8, 4) is 0 Å². The van der Waals surface area contributed by atoms with E-state index >= 15 is 0 Å². The van der Waals surface area contributed by atoms with Gasteiger partial charge >= 0.3 is 0 Å². The Morgan fingerprint density at radius 2 is 2.15 bits per heavy atom. The van der Waals surface area contributed by atoms with Gasteiger partial charge < -0.3 is 4.74 Å². The maximum Gasteiger partial charge on any atom is 0.263 e. The SMILES string of the molecule is CCc1c(C)sc2nc(SCc3ccccc3)n(C[C@@H]3CCCO3)c(=O)c12. The number of benzene rings is 1. The van der Waals surface area contributed by atoms with Gasteiger partial charge in [-0.3, -0.25) is 9.36 Å². The fraction of sp³-hybridized carbons (Fsp3) is 0.429. The third kappa shape index (κ3) is 3.84. The summed E-state index contributed by atoms with van der Waals surface area (Å²) in [4.78, 5) is 20.4. The van der Waals surface area contributed by atoms with E-state index in [1.165, 1.54) is 10.4 Å². The van der Waals surface area contributed by atoms with E-state index in [4.69, 9.17) is 9.72 Å². The van der Waals surface area contributed by atoms with E-state index in [2.05, 4.69) is 26.0 Å². The molecule has 1 aliphatic heterocycles. The topological polar surface area (TPSA) is 44.1 Å². The van der Waals surface area contributed by atoms with Crippen LogP contribution in [0.4, 0.5) is 0 Å². The molecule has 4 nitrogen and oxygen atoms in total. The minimum absolute atomic E-state index is 0.0901. The first-order valence-electron chi connectivity index (χ1n) is 9.48. The molecule has 6 heteroatoms. The quantitative estimate of drug-likeness (QED) is 0.440. The van der Waals surface area contributed by atoms with Gasteiger partial charge in [0.15, 0.2) is 5.16 Å². The number of thiophene rings is 1. The van der Waals surface area contributed by atoms with Gasteiger partial charge in [-0.05, 0) is 37.3 Å². The second-order valence-electron chi connectivity index (χ2n) is 6.89. The second kappa shape index (κ2) is 8.17. The monoisotopic (exact) mass is 400 g/mol. The molecule has 0 unspecified atom stereocenters. The lowest BCUT2D eigenvalue weighted by Gasteiger charge is -2.16. The summed E-state index contributed by atoms with van der Waals surface area (Å²) in [5.41, 5.74) is 2.47. The largest absolute Gasteiger partial charge is 0.376 e. The van der Waals surface area contributed by atoms with Crippen molar-refractivity contribution < 1.29 is 4.74 Å². The molecule has 0 aliphatic carbocycles. The molecule has 2 aromatic heterocycles. The number of hydrogen-bond donors (Lipinski definition) is 0. The number of aryl methyl sites for hydroxylation is 2. The Hall–Kier alpha value is -1.63. The van der Waals surface area contributed by atoms with Crippen LogP contribution in [0.5, 0.6) is 0 Å². The minimum Gasteiger partial charge on any atom is -0.376 e. The molecule has 0 spiro atoms. The molecule has 142 valence electrons. The molecule has 4 rings (SSSR count). The summed E-state index contributed by atoms with van der Waals surface area (Å²) in [6.07, 6.45) is 3.05. The van der Waals surface area contributed by atoms with Gasteiger partial charge in [0.05, 0.1) is 18.0 Å². The molecular weight excluding hydrogens is 376 g/mol. The van der Waals surface area contributed by atoms with Gasteiger partial charge in [0.25, 0.3) is 5.56 Å². The van der Waals surface area contributed by atoms with Crippen molar-refractivity contribution in [1.82, 2.24) is 9.55 Å². The number of rotatable bonds is 6. The van der Waals surface area contributed by atoms with Crippen LogP contribution in [-0.2, 0) is 23.5 Å². The van der Waals surface area contributed by atoms with Crippen LogP contribution in [0.2, 0.25) is 0 Å². The Kier molecular flexibility index (Phi) is 5.66. The standard InChI is InChI=1S/C21H24N2O2S2/c1-3-17-14(2)27-19-18(17)20(24)23(12-16-10-7-11-25-16)21(22-19)26-13-15-8-5-4-6-9-15/h4-6,8-9,16H,3,7,10-13H2,1-2H3/t16-/m0/s1. The molecule has 0 saturated carbocycles. The number of hydrogen-bond acceptors (Lipinski definition) is 5. The fourth-order valence-electron chi connectivity index (χ4n) is 3.64. The fourth-order valence-corrected chi connectivity index (χ4v) is 5.76. The number of nitrogens with zero attached hydrogens (tertiary/aromatic N) is 2. The van der Waals surface area contributed by atoms with Crippen molar-refractivity contribution >= 4 is 33.3 Å². The summed E-state index contributed by atoms with van der Waals surface area (Å²) in [6.45, 7) is 5.58. The Labute approximate surface area is 167 Å². The maximum absolute atomic E-state index is 13.4. The number of fused-ring (bicyclic) bond motifs is 1. The zero-order chi connectivity index (χ0) is 18.8. The van der Waals surface area contributed by atoms with Crippen molar-refractivity contribution in [3.63, 3.8) is 0 Å². The highest BCUT2D eigenvalue weighted by Crippen LogP contribution is 2.31. The summed E-state index contributed by atoms with van der Waals surface area (Å²) in [6, 6.07) is 10.3. The van der Waals surface area contributed by atoms with Crippen molar-refractivity contribution in [1.29, 1.82) is 0 Å². The Balaban J connectivity index is 1.76. The molecule has 0 radical (unpaired) electrons. The number of ether oxygens (including phenoxy) is 1. The molecule has 1 aromatic carbocycles. The Morgan fingerprint density at radius 3 is 2.85 bits per heavy atom. The highest BCUT2D eigenvalue weighted by atomic mass is 32.2. The van der Waals surface area contributed by atoms with Gasteiger partial charge in [0, 0.05) is 17.2 Å². The van der Waals surface area contributed by atoms with Crippen LogP contribution in [0.15, 0.2) is 40.3 Å². The summed E-state index contributed by atoms with van der Waals surface area (Å²) >= 11 is 3.27. The zero-order valence-corrected chi connectivity index (χ0v) is 17.4. The average molecular weight is 401 g/mol. The number of aromatic nitrogens is 2. The zero-order valence-electron chi connectivity index (χ0n) is 15.7. The summed E-state index contributed by atoms with van der Waals surface area (Å²) in [7, 11) is 0. The number of thioether (sulfide) groups is 1. The van der Waals surface area contributed by atoms with Gasteiger partial charge in [-0.1, -0.05) is 49.0 Å². The van der Waals surface area contributed by atoms with Gasteiger partial charge in [-0.15, -0.1) is 11.3 Å². The van der Waals surface area contributed by atoms with E-state index in [1.807, 2.05) is 22.8 Å². The maximum atomic E-state index is 13.4. The van der Waals surface area contributed by atoms with Crippen molar-refractivity contribution in [2.75, 3.05) is 6.61 Å². The van der Waals surface area contributed by atoms with Crippen LogP contribution in [0, 0.1) is 6.92 Å². The lowest BCUT2D eigenvalue weighted by molar-refractivity contribution is 0.0937. The van der Waals surface area contributed by atoms with Crippen LogP contribution in [0.1, 0.15) is 35.8 Å². The molecule has 1 atom stereocenters. The first-order chi connectivity index (χ1) is 13.2. The highest BCUT2D eigenvalue weighted by Gasteiger charge is 2.22. The van der Waals surface area contributed by atoms with Crippen LogP contribution in [0.25, 0.3) is 10.2 Å². The predicted molar refractivity (Wildman–Crippen MR) is 113 cm³/mol. The van der Waals surface area contributed by atoms with Crippen molar-refractivity contribution in [3.05, 3.63) is 56.7 Å². The van der Waals surface area contributed by atoms with E-state index in [9.17, 15) is 4.79 Å². The molecule has 1 aliphatic rings. The Morgan fingerprint density at radius 1 is 1.33 bits per heavy atom. The van der Waals surface area contributed by atoms with Gasteiger partial charge in [0.1, 0.15) is 4.83 Å². The predicted octanol–water partition coefficient (Wildman–Crippen LogP) is 4.80. The smallest absolute Gasteiger partial charge is 0.263 e. The lowest BCUT2D eigenvalue weighted by Crippen LogP contribution is -2.28. The molecule has 1 fully saturated rings. The molecule has 3 aromatic rings. The van der Waals surface area contributed by atoms with E-state index in [0.717, 1.165) is 52.6 Å². The van der Waals surface area contributed by atoms with Crippen LogP contribution >= 0.6 is 23.1 Å².